The molecule has 4 rings (SSSR count). The molecule has 0 bridgehead atoms. The first-order valence-corrected chi connectivity index (χ1v) is 10.0. The molecule has 0 saturated carbocycles. The summed E-state index contributed by atoms with van der Waals surface area (Å²) in [6, 6.07) is 11.3. The van der Waals surface area contributed by atoms with Gasteiger partial charge in [0.25, 0.3) is 0 Å². The molecule has 3 heterocycles. The fourth-order valence-electron chi connectivity index (χ4n) is 3.55. The summed E-state index contributed by atoms with van der Waals surface area (Å²) >= 11 is 0. The molecule has 0 spiro atoms. The van der Waals surface area contributed by atoms with E-state index in [-0.39, 0.29) is 6.04 Å². The van der Waals surface area contributed by atoms with E-state index in [1.807, 2.05) is 30.3 Å². The van der Waals surface area contributed by atoms with Gasteiger partial charge in [-0.1, -0.05) is 35.5 Å². The zero-order chi connectivity index (χ0) is 18.1. The van der Waals surface area contributed by atoms with Gasteiger partial charge in [0.05, 0.1) is 6.04 Å². The third-order valence-electron chi connectivity index (χ3n) is 4.88. The second kappa shape index (κ2) is 6.81. The Morgan fingerprint density at radius 2 is 2.00 bits per heavy atom. The van der Waals surface area contributed by atoms with Crippen molar-refractivity contribution in [2.45, 2.75) is 18.9 Å². The maximum absolute atomic E-state index is 10.9. The minimum absolute atomic E-state index is 0.0565. The van der Waals surface area contributed by atoms with Crippen LogP contribution in [-0.2, 0) is 0 Å². The normalized spacial score (nSPS) is 24.4. The Morgan fingerprint density at radius 1 is 1.19 bits per heavy atom. The van der Waals surface area contributed by atoms with Gasteiger partial charge in [-0.25, -0.2) is 4.31 Å². The number of nitriles is 1. The summed E-state index contributed by atoms with van der Waals surface area (Å²) < 4.78 is 30.6. The minimum Gasteiger partial charge on any atom is -0.336 e. The molecule has 1 atom stereocenters. The molecule has 9 heteroatoms. The molecule has 2 N–H and O–H groups in total. The number of hydrogen-bond acceptors (Lipinski definition) is 8. The predicted molar refractivity (Wildman–Crippen MR) is 99.0 cm³/mol. The largest absolute Gasteiger partial charge is 0.336 e. The highest BCUT2D eigenvalue weighted by Gasteiger charge is 2.42. The Hall–Kier alpha value is -2.25. The monoisotopic (exact) mass is 375 g/mol. The van der Waals surface area contributed by atoms with Gasteiger partial charge < -0.3 is 9.42 Å². The van der Waals surface area contributed by atoms with Crippen LogP contribution in [0.5, 0.6) is 0 Å². The first-order valence-electron chi connectivity index (χ1n) is 8.59. The van der Waals surface area contributed by atoms with Crippen LogP contribution in [0.1, 0.15) is 12.8 Å². The van der Waals surface area contributed by atoms with Crippen LogP contribution in [0, 0.1) is 11.5 Å². The highest BCUT2D eigenvalue weighted by Crippen LogP contribution is 2.54. The van der Waals surface area contributed by atoms with Gasteiger partial charge in [0, 0.05) is 37.8 Å². The van der Waals surface area contributed by atoms with Crippen LogP contribution >= 0.6 is 11.0 Å². The van der Waals surface area contributed by atoms with Gasteiger partial charge in [0.2, 0.25) is 5.88 Å². The summed E-state index contributed by atoms with van der Waals surface area (Å²) in [5.41, 5.74) is 1.57. The Labute approximate surface area is 153 Å². The Balaban J connectivity index is 1.57. The van der Waals surface area contributed by atoms with Crippen LogP contribution in [0.2, 0.25) is 0 Å². The van der Waals surface area contributed by atoms with Crippen molar-refractivity contribution in [1.82, 2.24) is 14.4 Å². The molecule has 8 nitrogen and oxygen atoms in total. The van der Waals surface area contributed by atoms with E-state index in [9.17, 15) is 9.11 Å². The molecule has 1 unspecified atom stereocenters. The number of likely N-dealkylation sites (tertiary alicyclic amines) is 1. The first-order chi connectivity index (χ1) is 12.6. The summed E-state index contributed by atoms with van der Waals surface area (Å²) in [7, 11) is -3.20. The van der Waals surface area contributed by atoms with Crippen molar-refractivity contribution < 1.29 is 13.6 Å². The number of anilines is 1. The van der Waals surface area contributed by atoms with Gasteiger partial charge in [-0.3, -0.25) is 9.11 Å². The van der Waals surface area contributed by atoms with Crippen molar-refractivity contribution in [3.63, 3.8) is 0 Å². The van der Waals surface area contributed by atoms with E-state index in [0.29, 0.717) is 37.8 Å². The van der Waals surface area contributed by atoms with Gasteiger partial charge in [-0.2, -0.15) is 9.57 Å². The summed E-state index contributed by atoms with van der Waals surface area (Å²) in [4.78, 5) is 1.65. The average molecular weight is 375 g/mol. The highest BCUT2D eigenvalue weighted by molar-refractivity contribution is 8.23. The number of benzene rings is 1. The van der Waals surface area contributed by atoms with Crippen LogP contribution in [0.4, 0.5) is 5.88 Å². The number of rotatable bonds is 3. The van der Waals surface area contributed by atoms with E-state index in [2.05, 4.69) is 11.3 Å². The summed E-state index contributed by atoms with van der Waals surface area (Å²) in [6.45, 7) is 2.24. The lowest BCUT2D eigenvalue weighted by Crippen LogP contribution is -2.50. The summed E-state index contributed by atoms with van der Waals surface area (Å²) in [6.07, 6.45) is 3.65. The van der Waals surface area contributed by atoms with E-state index in [0.717, 1.165) is 18.4 Å². The molecule has 1 aromatic heterocycles. The molecule has 0 amide bonds. The van der Waals surface area contributed by atoms with Crippen molar-refractivity contribution in [3.05, 3.63) is 36.4 Å². The average Bonchev–Trinajstić information content (AvgIpc) is 3.31. The third kappa shape index (κ3) is 3.01. The van der Waals surface area contributed by atoms with E-state index in [1.54, 1.807) is 15.3 Å². The quantitative estimate of drug-likeness (QED) is 0.790. The minimum atomic E-state index is -3.20. The van der Waals surface area contributed by atoms with Gasteiger partial charge in [0.15, 0.2) is 6.19 Å². The van der Waals surface area contributed by atoms with Crippen LogP contribution in [0.25, 0.3) is 11.3 Å². The molecule has 0 radical (unpaired) electrons. The van der Waals surface area contributed by atoms with Crippen LogP contribution in [0.15, 0.2) is 40.9 Å². The zero-order valence-electron chi connectivity index (χ0n) is 14.2. The van der Waals surface area contributed by atoms with Gasteiger partial charge in [0.1, 0.15) is 5.69 Å². The van der Waals surface area contributed by atoms with Gasteiger partial charge in [-0.05, 0) is 23.8 Å². The lowest BCUT2D eigenvalue weighted by Gasteiger charge is -2.54. The molecule has 1 aromatic carbocycles. The molecule has 2 aliphatic heterocycles. The van der Waals surface area contributed by atoms with Crippen molar-refractivity contribution >= 4 is 16.8 Å². The van der Waals surface area contributed by atoms with E-state index in [1.165, 1.54) is 4.31 Å². The van der Waals surface area contributed by atoms with Crippen LogP contribution in [0.3, 0.4) is 0 Å². The number of aromatic nitrogens is 1. The van der Waals surface area contributed by atoms with Crippen molar-refractivity contribution in [3.8, 4) is 17.5 Å². The van der Waals surface area contributed by atoms with Crippen LogP contribution < -0.4 is 4.31 Å². The second-order valence-corrected chi connectivity index (χ2v) is 8.38. The molecule has 138 valence electrons. The van der Waals surface area contributed by atoms with Crippen molar-refractivity contribution in [2.75, 3.05) is 30.5 Å². The van der Waals surface area contributed by atoms with Crippen LogP contribution in [-0.4, -0.2) is 55.7 Å². The van der Waals surface area contributed by atoms with E-state index < -0.39 is 11.0 Å². The predicted octanol–water partition coefficient (Wildman–Crippen LogP) is 2.99. The maximum atomic E-state index is 10.9. The Morgan fingerprint density at radius 3 is 2.73 bits per heavy atom. The lowest BCUT2D eigenvalue weighted by molar-refractivity contribution is 0.262. The van der Waals surface area contributed by atoms with Crippen molar-refractivity contribution in [2.24, 2.45) is 0 Å². The topological polar surface area (TPSA) is 100 Å². The fourth-order valence-corrected chi connectivity index (χ4v) is 5.45. The summed E-state index contributed by atoms with van der Waals surface area (Å²) in [5.74, 6) is 0.351. The standard InChI is InChI=1S/C17H21N5O3S/c18-13-20-10-7-15(12-20)21-8-4-9-22(26(21,23)24)17-11-16(19-25-17)14-5-2-1-3-6-14/h1-3,5-6,11,15,23-24H,4,7-10,12H2. The SMILES string of the molecule is N#CN1CCC(N2CCCN(c3cc(-c4ccccc4)no3)S2(O)O)C1. The molecule has 2 saturated heterocycles. The van der Waals surface area contributed by atoms with E-state index in [4.69, 9.17) is 9.78 Å². The Bertz CT molecular complexity index is 806. The van der Waals surface area contributed by atoms with Crippen molar-refractivity contribution in [1.29, 1.82) is 5.26 Å². The molecule has 2 aliphatic rings. The fraction of sp³-hybridized carbons (Fsp3) is 0.412. The first kappa shape index (κ1) is 17.2. The van der Waals surface area contributed by atoms with E-state index >= 15 is 0 Å². The molecular weight excluding hydrogens is 354 g/mol. The van der Waals surface area contributed by atoms with Gasteiger partial charge in [-0.15, -0.1) is 0 Å². The zero-order valence-corrected chi connectivity index (χ0v) is 15.0. The molecular formula is C17H21N5O3S. The summed E-state index contributed by atoms with van der Waals surface area (Å²) in [5, 5.41) is 13.1. The lowest BCUT2D eigenvalue weighted by atomic mass is 10.1. The molecule has 0 aliphatic carbocycles. The molecule has 26 heavy (non-hydrogen) atoms. The molecule has 2 aromatic rings. The van der Waals surface area contributed by atoms with Gasteiger partial charge >= 0.3 is 0 Å². The maximum Gasteiger partial charge on any atom is 0.247 e. The Kier molecular flexibility index (Phi) is 4.50. The molecule has 2 fully saturated rings. The number of hydrogen-bond donors (Lipinski definition) is 2. The third-order valence-corrected chi connectivity index (χ3v) is 6.94. The highest BCUT2D eigenvalue weighted by atomic mass is 32.3. The second-order valence-electron chi connectivity index (χ2n) is 6.49. The number of nitrogens with zero attached hydrogens (tertiary/aromatic N) is 5. The smallest absolute Gasteiger partial charge is 0.247 e.